The molecular formula is C21H27N3O7. The monoisotopic (exact) mass is 433 g/mol. The van der Waals surface area contributed by atoms with Crippen molar-refractivity contribution in [3.63, 3.8) is 0 Å². The average molecular weight is 433 g/mol. The first-order valence-electron chi connectivity index (χ1n) is 9.59. The molecule has 31 heavy (non-hydrogen) atoms. The van der Waals surface area contributed by atoms with Crippen LogP contribution < -0.4 is 16.6 Å². The molecule has 1 heterocycles. The highest BCUT2D eigenvalue weighted by molar-refractivity contribution is 5.81. The van der Waals surface area contributed by atoms with Crippen LogP contribution in [-0.4, -0.2) is 45.5 Å². The van der Waals surface area contributed by atoms with E-state index in [4.69, 9.17) is 9.47 Å². The van der Waals surface area contributed by atoms with Gasteiger partial charge in [-0.1, -0.05) is 12.1 Å². The highest BCUT2D eigenvalue weighted by Gasteiger charge is 2.25. The van der Waals surface area contributed by atoms with Crippen LogP contribution >= 0.6 is 0 Å². The summed E-state index contributed by atoms with van der Waals surface area (Å²) < 4.78 is 10.8. The summed E-state index contributed by atoms with van der Waals surface area (Å²) in [5, 5.41) is 11.9. The Morgan fingerprint density at radius 1 is 1.19 bits per heavy atom. The van der Waals surface area contributed by atoms with Gasteiger partial charge in [0.15, 0.2) is 0 Å². The zero-order valence-electron chi connectivity index (χ0n) is 18.1. The molecule has 0 radical (unpaired) electrons. The first kappa shape index (κ1) is 23.9. The number of alkyl carbamates (subject to hydrolysis) is 1. The molecule has 3 N–H and O–H groups in total. The van der Waals surface area contributed by atoms with Crippen molar-refractivity contribution in [1.82, 2.24) is 14.9 Å². The summed E-state index contributed by atoms with van der Waals surface area (Å²) in [5.74, 6) is -0.645. The van der Waals surface area contributed by atoms with E-state index in [1.165, 1.54) is 26.2 Å². The number of nitrogens with one attached hydrogen (secondary N) is 2. The van der Waals surface area contributed by atoms with Crippen molar-refractivity contribution in [1.29, 1.82) is 0 Å². The van der Waals surface area contributed by atoms with Crippen LogP contribution in [0.3, 0.4) is 0 Å². The van der Waals surface area contributed by atoms with Crippen molar-refractivity contribution in [3.05, 3.63) is 61.9 Å². The highest BCUT2D eigenvalue weighted by atomic mass is 16.6. The lowest BCUT2D eigenvalue weighted by molar-refractivity contribution is -0.143. The number of carbonyl (C=O) groups excluding carboxylic acids is 2. The number of benzene rings is 1. The second kappa shape index (κ2) is 9.61. The van der Waals surface area contributed by atoms with Crippen LogP contribution in [0.25, 0.3) is 5.69 Å². The Hall–Kier alpha value is -3.40. The van der Waals surface area contributed by atoms with Crippen molar-refractivity contribution in [3.8, 4) is 5.69 Å². The topological polar surface area (TPSA) is 140 Å². The summed E-state index contributed by atoms with van der Waals surface area (Å²) in [5.41, 5.74) is -0.639. The molecule has 0 bridgehead atoms. The minimum atomic E-state index is -0.989. The van der Waals surface area contributed by atoms with Crippen LogP contribution in [-0.2, 0) is 27.3 Å². The lowest BCUT2D eigenvalue weighted by Gasteiger charge is -2.22. The first-order chi connectivity index (χ1) is 14.5. The highest BCUT2D eigenvalue weighted by Crippen LogP contribution is 2.12. The Bertz CT molecular complexity index is 1060. The number of aromatic nitrogens is 2. The van der Waals surface area contributed by atoms with Crippen LogP contribution in [0.15, 0.2) is 33.9 Å². The molecule has 0 aliphatic heterocycles. The van der Waals surface area contributed by atoms with Crippen LogP contribution in [0.2, 0.25) is 0 Å². The predicted octanol–water partition coefficient (Wildman–Crippen LogP) is 0.935. The number of methoxy groups -OCH3 is 1. The zero-order chi connectivity index (χ0) is 23.3. The Labute approximate surface area is 178 Å². The lowest BCUT2D eigenvalue weighted by Crippen LogP contribution is -2.45. The number of amides is 1. The Balaban J connectivity index is 2.28. The third kappa shape index (κ3) is 6.05. The van der Waals surface area contributed by atoms with Gasteiger partial charge in [-0.15, -0.1) is 0 Å². The van der Waals surface area contributed by atoms with Crippen LogP contribution in [0.4, 0.5) is 4.79 Å². The van der Waals surface area contributed by atoms with Crippen molar-refractivity contribution >= 4 is 12.1 Å². The smallest absolute Gasteiger partial charge is 0.408 e. The largest absolute Gasteiger partial charge is 0.467 e. The molecule has 0 saturated carbocycles. The molecule has 10 nitrogen and oxygen atoms in total. The van der Waals surface area contributed by atoms with Gasteiger partial charge in [0, 0.05) is 12.1 Å². The fourth-order valence-electron chi connectivity index (χ4n) is 2.90. The maximum Gasteiger partial charge on any atom is 0.408 e. The van der Waals surface area contributed by atoms with Gasteiger partial charge >= 0.3 is 17.8 Å². The van der Waals surface area contributed by atoms with E-state index >= 15 is 0 Å². The molecule has 1 aromatic carbocycles. The van der Waals surface area contributed by atoms with E-state index < -0.39 is 41.6 Å². The Kier molecular flexibility index (Phi) is 7.40. The number of aromatic amines is 1. The molecular weight excluding hydrogens is 406 g/mol. The van der Waals surface area contributed by atoms with Gasteiger partial charge in [0.1, 0.15) is 11.6 Å². The van der Waals surface area contributed by atoms with Crippen LogP contribution in [0.5, 0.6) is 0 Å². The molecule has 0 aliphatic carbocycles. The summed E-state index contributed by atoms with van der Waals surface area (Å²) >= 11 is 0. The molecule has 1 amide bonds. The number of nitrogens with zero attached hydrogens (tertiary/aromatic N) is 1. The van der Waals surface area contributed by atoms with E-state index in [2.05, 4.69) is 10.3 Å². The number of aliphatic hydroxyl groups is 1. The van der Waals surface area contributed by atoms with Gasteiger partial charge in [0.05, 0.1) is 25.0 Å². The van der Waals surface area contributed by atoms with Crippen LogP contribution in [0.1, 0.15) is 37.6 Å². The fourth-order valence-corrected chi connectivity index (χ4v) is 2.90. The number of hydrogen-bond acceptors (Lipinski definition) is 7. The minimum absolute atomic E-state index is 0.0935. The van der Waals surface area contributed by atoms with Gasteiger partial charge in [-0.3, -0.25) is 4.79 Å². The van der Waals surface area contributed by atoms with Gasteiger partial charge in [-0.2, -0.15) is 0 Å². The van der Waals surface area contributed by atoms with Crippen LogP contribution in [0, 0.1) is 6.92 Å². The summed E-state index contributed by atoms with van der Waals surface area (Å²) in [6.45, 7) is 6.14. The number of esters is 1. The second-order valence-electron chi connectivity index (χ2n) is 7.92. The molecule has 0 saturated heterocycles. The SMILES string of the molecule is COC(=O)[C@H](Cc1ccc(-n2c(=O)[nH]c(C)c(CO)c2=O)cc1)NC(=O)OC(C)(C)C. The molecule has 0 aliphatic rings. The quantitative estimate of drug-likeness (QED) is 0.576. The van der Waals surface area contributed by atoms with E-state index in [0.29, 0.717) is 16.9 Å². The van der Waals surface area contributed by atoms with Crippen molar-refractivity contribution in [2.75, 3.05) is 7.11 Å². The number of hydrogen-bond donors (Lipinski definition) is 3. The van der Waals surface area contributed by atoms with Gasteiger partial charge in [0.25, 0.3) is 5.56 Å². The molecule has 1 atom stereocenters. The van der Waals surface area contributed by atoms with Gasteiger partial charge < -0.3 is 24.9 Å². The zero-order valence-corrected chi connectivity index (χ0v) is 18.1. The number of ether oxygens (including phenoxy) is 2. The summed E-state index contributed by atoms with van der Waals surface area (Å²) in [6, 6.07) is 5.31. The molecule has 1 aromatic heterocycles. The molecule has 10 heteroatoms. The Morgan fingerprint density at radius 2 is 1.81 bits per heavy atom. The third-order valence-corrected chi connectivity index (χ3v) is 4.38. The van der Waals surface area contributed by atoms with E-state index in [-0.39, 0.29) is 12.0 Å². The van der Waals surface area contributed by atoms with E-state index in [9.17, 15) is 24.3 Å². The molecule has 0 spiro atoms. The van der Waals surface area contributed by atoms with E-state index in [1.807, 2.05) is 0 Å². The van der Waals surface area contributed by atoms with Gasteiger partial charge in [0.2, 0.25) is 0 Å². The normalized spacial score (nSPS) is 12.2. The molecule has 168 valence electrons. The fraction of sp³-hybridized carbons (Fsp3) is 0.429. The number of rotatable bonds is 6. The minimum Gasteiger partial charge on any atom is -0.467 e. The van der Waals surface area contributed by atoms with Crippen molar-refractivity contribution in [2.45, 2.75) is 52.4 Å². The number of aliphatic hydroxyl groups excluding tert-OH is 1. The van der Waals surface area contributed by atoms with E-state index in [1.54, 1.807) is 32.9 Å². The number of aryl methyl sites for hydroxylation is 1. The van der Waals surface area contributed by atoms with Crippen molar-refractivity contribution < 1.29 is 24.2 Å². The maximum atomic E-state index is 12.5. The maximum absolute atomic E-state index is 12.5. The summed E-state index contributed by atoms with van der Waals surface area (Å²) in [6.07, 6.45) is -0.651. The predicted molar refractivity (Wildman–Crippen MR) is 112 cm³/mol. The molecule has 2 rings (SSSR count). The second-order valence-corrected chi connectivity index (χ2v) is 7.92. The number of carbonyl (C=O) groups is 2. The van der Waals surface area contributed by atoms with Gasteiger partial charge in [-0.25, -0.2) is 19.0 Å². The summed E-state index contributed by atoms with van der Waals surface area (Å²) in [7, 11) is 1.21. The molecule has 0 fully saturated rings. The Morgan fingerprint density at radius 3 is 2.32 bits per heavy atom. The van der Waals surface area contributed by atoms with E-state index in [0.717, 1.165) is 4.57 Å². The first-order valence-corrected chi connectivity index (χ1v) is 9.59. The molecule has 0 unspecified atom stereocenters. The lowest BCUT2D eigenvalue weighted by atomic mass is 10.1. The van der Waals surface area contributed by atoms with Crippen molar-refractivity contribution in [2.24, 2.45) is 0 Å². The number of H-pyrrole nitrogens is 1. The standard InChI is InChI=1S/C21H27N3O7/c1-12-15(11-25)17(26)24(19(28)22-12)14-8-6-13(7-9-14)10-16(18(27)30-5)23-20(29)31-21(2,3)4/h6-9,16,25H,10-11H2,1-5H3,(H,22,28)(H,23,29)/t16-/m0/s1. The average Bonchev–Trinajstić information content (AvgIpc) is 2.66. The molecule has 2 aromatic rings. The summed E-state index contributed by atoms with van der Waals surface area (Å²) in [4.78, 5) is 51.5. The third-order valence-electron chi connectivity index (χ3n) is 4.38. The van der Waals surface area contributed by atoms with Gasteiger partial charge in [-0.05, 0) is 45.4 Å².